The zero-order valence-corrected chi connectivity index (χ0v) is 13.7. The van der Waals surface area contributed by atoms with Crippen LogP contribution in [0.1, 0.15) is 70.6 Å². The maximum atomic E-state index is 5.95. The van der Waals surface area contributed by atoms with Crippen LogP contribution >= 0.6 is 0 Å². The Balaban J connectivity index is 1.51. The normalized spacial score (nSPS) is 22.2. The molecule has 0 radical (unpaired) electrons. The summed E-state index contributed by atoms with van der Waals surface area (Å²) in [6.07, 6.45) is 14.9. The van der Waals surface area contributed by atoms with E-state index >= 15 is 0 Å². The van der Waals surface area contributed by atoms with Crippen LogP contribution in [0.3, 0.4) is 0 Å². The van der Waals surface area contributed by atoms with E-state index in [1.54, 1.807) is 0 Å². The Morgan fingerprint density at radius 1 is 1.00 bits per heavy atom. The molecular formula is C17H33N3O. The van der Waals surface area contributed by atoms with Crippen molar-refractivity contribution in [2.75, 3.05) is 20.2 Å². The van der Waals surface area contributed by atoms with Gasteiger partial charge in [0.15, 0.2) is 5.96 Å². The first-order chi connectivity index (χ1) is 10.4. The van der Waals surface area contributed by atoms with Gasteiger partial charge >= 0.3 is 0 Å². The van der Waals surface area contributed by atoms with Crippen molar-refractivity contribution in [2.45, 2.75) is 82.8 Å². The van der Waals surface area contributed by atoms with Crippen LogP contribution in [0.2, 0.25) is 0 Å². The third-order valence-corrected chi connectivity index (χ3v) is 4.69. The second-order valence-electron chi connectivity index (χ2n) is 6.46. The topological polar surface area (TPSA) is 45.7 Å². The number of hydrogen-bond acceptors (Lipinski definition) is 2. The summed E-state index contributed by atoms with van der Waals surface area (Å²) in [7, 11) is 1.86. The van der Waals surface area contributed by atoms with E-state index in [9.17, 15) is 0 Å². The summed E-state index contributed by atoms with van der Waals surface area (Å²) in [6, 6.07) is 0.614. The molecule has 0 saturated heterocycles. The Labute approximate surface area is 130 Å². The lowest BCUT2D eigenvalue weighted by Crippen LogP contribution is -2.44. The number of guanidine groups is 1. The molecule has 0 aromatic carbocycles. The van der Waals surface area contributed by atoms with Crippen LogP contribution in [-0.4, -0.2) is 38.3 Å². The zero-order valence-electron chi connectivity index (χ0n) is 13.7. The molecule has 0 unspecified atom stereocenters. The Bertz CT molecular complexity index is 294. The predicted molar refractivity (Wildman–Crippen MR) is 88.8 cm³/mol. The first-order valence-electron chi connectivity index (χ1n) is 8.97. The first-order valence-corrected chi connectivity index (χ1v) is 8.97. The van der Waals surface area contributed by atoms with Gasteiger partial charge in [-0.1, -0.05) is 38.5 Å². The Kier molecular flexibility index (Phi) is 7.94. The molecule has 0 amide bonds. The van der Waals surface area contributed by atoms with E-state index in [0.29, 0.717) is 12.1 Å². The Hall–Kier alpha value is -0.770. The van der Waals surface area contributed by atoms with Crippen molar-refractivity contribution < 1.29 is 4.74 Å². The fourth-order valence-electron chi connectivity index (χ4n) is 3.40. The monoisotopic (exact) mass is 295 g/mol. The molecular weight excluding hydrogens is 262 g/mol. The molecule has 122 valence electrons. The van der Waals surface area contributed by atoms with E-state index in [1.165, 1.54) is 64.2 Å². The van der Waals surface area contributed by atoms with Gasteiger partial charge in [0.2, 0.25) is 0 Å². The van der Waals surface area contributed by atoms with Crippen LogP contribution in [0.5, 0.6) is 0 Å². The molecule has 4 heteroatoms. The molecule has 4 nitrogen and oxygen atoms in total. The summed E-state index contributed by atoms with van der Waals surface area (Å²) in [5, 5.41) is 6.96. The maximum Gasteiger partial charge on any atom is 0.191 e. The highest BCUT2D eigenvalue weighted by atomic mass is 16.5. The van der Waals surface area contributed by atoms with E-state index in [-0.39, 0.29) is 0 Å². The quantitative estimate of drug-likeness (QED) is 0.449. The third kappa shape index (κ3) is 6.68. The van der Waals surface area contributed by atoms with Crippen molar-refractivity contribution in [2.24, 2.45) is 4.99 Å². The van der Waals surface area contributed by atoms with Crippen molar-refractivity contribution in [3.8, 4) is 0 Å². The zero-order chi connectivity index (χ0) is 14.8. The van der Waals surface area contributed by atoms with Crippen LogP contribution in [0, 0.1) is 0 Å². The van der Waals surface area contributed by atoms with E-state index < -0.39 is 0 Å². The fraction of sp³-hybridized carbons (Fsp3) is 0.941. The molecule has 21 heavy (non-hydrogen) atoms. The largest absolute Gasteiger partial charge is 0.378 e. The summed E-state index contributed by atoms with van der Waals surface area (Å²) in [5.74, 6) is 0.958. The van der Waals surface area contributed by atoms with Crippen LogP contribution in [-0.2, 0) is 4.74 Å². The van der Waals surface area contributed by atoms with Crippen LogP contribution in [0.4, 0.5) is 0 Å². The third-order valence-electron chi connectivity index (χ3n) is 4.69. The number of aliphatic imine (C=N–C) groups is 1. The number of hydrogen-bond donors (Lipinski definition) is 2. The maximum absolute atomic E-state index is 5.95. The highest BCUT2D eigenvalue weighted by molar-refractivity contribution is 5.79. The van der Waals surface area contributed by atoms with Crippen molar-refractivity contribution >= 4 is 5.96 Å². The molecule has 0 spiro atoms. The smallest absolute Gasteiger partial charge is 0.191 e. The SMILES string of the molecule is CN=C(NCCCOC1CCCCC1)NC1CCCCC1. The van der Waals surface area contributed by atoms with E-state index in [0.717, 1.165) is 25.5 Å². The number of nitrogens with zero attached hydrogens (tertiary/aromatic N) is 1. The first kappa shape index (κ1) is 16.6. The number of rotatable bonds is 6. The average Bonchev–Trinajstić information content (AvgIpc) is 2.55. The molecule has 2 fully saturated rings. The van der Waals surface area contributed by atoms with Gasteiger partial charge in [-0.2, -0.15) is 0 Å². The molecule has 2 saturated carbocycles. The number of nitrogens with one attached hydrogen (secondary N) is 2. The summed E-state index contributed by atoms with van der Waals surface area (Å²) in [6.45, 7) is 1.82. The van der Waals surface area contributed by atoms with Gasteiger partial charge in [-0.3, -0.25) is 4.99 Å². The molecule has 0 aliphatic heterocycles. The van der Waals surface area contributed by atoms with Crippen LogP contribution in [0.15, 0.2) is 4.99 Å². The van der Waals surface area contributed by atoms with Gasteiger partial charge in [-0.05, 0) is 32.1 Å². The van der Waals surface area contributed by atoms with Gasteiger partial charge < -0.3 is 15.4 Å². The molecule has 0 heterocycles. The summed E-state index contributed by atoms with van der Waals surface area (Å²) >= 11 is 0. The lowest BCUT2D eigenvalue weighted by atomic mass is 9.96. The molecule has 2 aliphatic carbocycles. The van der Waals surface area contributed by atoms with Gasteiger partial charge in [0.05, 0.1) is 6.10 Å². The van der Waals surface area contributed by atoms with Crippen LogP contribution in [0.25, 0.3) is 0 Å². The van der Waals surface area contributed by atoms with E-state index in [1.807, 2.05) is 7.05 Å². The standard InChI is InChI=1S/C17H33N3O/c1-18-17(20-15-9-4-2-5-10-15)19-13-8-14-21-16-11-6-3-7-12-16/h15-16H,2-14H2,1H3,(H2,18,19,20). The molecule has 0 aromatic rings. The minimum absolute atomic E-state index is 0.526. The lowest BCUT2D eigenvalue weighted by Gasteiger charge is -2.25. The molecule has 0 bridgehead atoms. The van der Waals surface area contributed by atoms with Crippen molar-refractivity contribution in [1.82, 2.24) is 10.6 Å². The average molecular weight is 295 g/mol. The lowest BCUT2D eigenvalue weighted by molar-refractivity contribution is 0.0277. The van der Waals surface area contributed by atoms with Crippen molar-refractivity contribution in [3.63, 3.8) is 0 Å². The fourth-order valence-corrected chi connectivity index (χ4v) is 3.40. The molecule has 2 rings (SSSR count). The minimum atomic E-state index is 0.526. The van der Waals surface area contributed by atoms with Gasteiger partial charge in [-0.25, -0.2) is 0 Å². The van der Waals surface area contributed by atoms with Gasteiger partial charge in [0.25, 0.3) is 0 Å². The summed E-state index contributed by atoms with van der Waals surface area (Å²) in [4.78, 5) is 4.32. The second-order valence-corrected chi connectivity index (χ2v) is 6.46. The van der Waals surface area contributed by atoms with E-state index in [2.05, 4.69) is 15.6 Å². The van der Waals surface area contributed by atoms with E-state index in [4.69, 9.17) is 4.74 Å². The van der Waals surface area contributed by atoms with Gasteiger partial charge in [0.1, 0.15) is 0 Å². The van der Waals surface area contributed by atoms with Crippen molar-refractivity contribution in [1.29, 1.82) is 0 Å². The second kappa shape index (κ2) is 10.0. The van der Waals surface area contributed by atoms with Gasteiger partial charge in [-0.15, -0.1) is 0 Å². The summed E-state index contributed by atoms with van der Waals surface area (Å²) < 4.78 is 5.95. The predicted octanol–water partition coefficient (Wildman–Crippen LogP) is 3.22. The highest BCUT2D eigenvalue weighted by Gasteiger charge is 2.15. The molecule has 0 aromatic heterocycles. The van der Waals surface area contributed by atoms with Crippen LogP contribution < -0.4 is 10.6 Å². The molecule has 2 aliphatic rings. The molecule has 2 N–H and O–H groups in total. The molecule has 0 atom stereocenters. The number of ether oxygens (including phenoxy) is 1. The minimum Gasteiger partial charge on any atom is -0.378 e. The highest BCUT2D eigenvalue weighted by Crippen LogP contribution is 2.20. The van der Waals surface area contributed by atoms with Gasteiger partial charge in [0, 0.05) is 26.2 Å². The summed E-state index contributed by atoms with van der Waals surface area (Å²) in [5.41, 5.74) is 0. The Morgan fingerprint density at radius 3 is 2.33 bits per heavy atom. The Morgan fingerprint density at radius 2 is 1.67 bits per heavy atom. The van der Waals surface area contributed by atoms with Crippen molar-refractivity contribution in [3.05, 3.63) is 0 Å².